The fourth-order valence-electron chi connectivity index (χ4n) is 4.54. The van der Waals surface area contributed by atoms with Crippen molar-refractivity contribution in [2.24, 2.45) is 0 Å². The summed E-state index contributed by atoms with van der Waals surface area (Å²) in [6.07, 6.45) is -0.708. The van der Waals surface area contributed by atoms with Crippen molar-refractivity contribution in [1.82, 2.24) is 0 Å². The second kappa shape index (κ2) is 16.5. The summed E-state index contributed by atoms with van der Waals surface area (Å²) in [5, 5.41) is 0. The lowest BCUT2D eigenvalue weighted by atomic mass is 9.98. The van der Waals surface area contributed by atoms with E-state index in [0.717, 1.165) is 18.4 Å². The van der Waals surface area contributed by atoms with E-state index in [1.54, 1.807) is 12.1 Å². The molecular formula is C34H37F9O3. The minimum absolute atomic E-state index is 0.00994. The van der Waals surface area contributed by atoms with E-state index in [1.807, 2.05) is 19.1 Å². The highest BCUT2D eigenvalue weighted by molar-refractivity contribution is 5.72. The van der Waals surface area contributed by atoms with E-state index < -0.39 is 42.9 Å². The van der Waals surface area contributed by atoms with Gasteiger partial charge in [0.2, 0.25) is 0 Å². The smallest absolute Gasteiger partial charge is 0.459 e. The van der Waals surface area contributed by atoms with Gasteiger partial charge in [-0.2, -0.15) is 30.7 Å². The Bertz CT molecular complexity index is 1360. The molecule has 0 N–H and O–H groups in total. The molecule has 0 fully saturated rings. The Hall–Kier alpha value is -3.25. The zero-order valence-electron chi connectivity index (χ0n) is 25.5. The third kappa shape index (κ3) is 9.87. The predicted octanol–water partition coefficient (Wildman–Crippen LogP) is 10.8. The van der Waals surface area contributed by atoms with Crippen molar-refractivity contribution in [1.29, 1.82) is 0 Å². The van der Waals surface area contributed by atoms with Crippen LogP contribution in [0.5, 0.6) is 5.75 Å². The number of ether oxygens (including phenoxy) is 3. The molecule has 0 aromatic heterocycles. The Balaban J connectivity index is 1.50. The quantitative estimate of drug-likeness (QED) is 0.100. The molecule has 1 atom stereocenters. The van der Waals surface area contributed by atoms with Crippen molar-refractivity contribution in [3.05, 3.63) is 77.9 Å². The second-order valence-electron chi connectivity index (χ2n) is 11.0. The fourth-order valence-corrected chi connectivity index (χ4v) is 4.54. The van der Waals surface area contributed by atoms with E-state index in [-0.39, 0.29) is 36.0 Å². The maximum Gasteiger partial charge on any atom is 0.459 e. The summed E-state index contributed by atoms with van der Waals surface area (Å²) in [5.41, 5.74) is 1.88. The number of hydrogen-bond acceptors (Lipinski definition) is 3. The van der Waals surface area contributed by atoms with Crippen LogP contribution in [0.2, 0.25) is 0 Å². The molecule has 12 heteroatoms. The molecule has 0 aliphatic heterocycles. The number of unbranched alkanes of at least 4 members (excludes halogenated alkanes) is 3. The first-order chi connectivity index (χ1) is 21.7. The Morgan fingerprint density at radius 3 is 1.78 bits per heavy atom. The Morgan fingerprint density at radius 1 is 0.674 bits per heavy atom. The van der Waals surface area contributed by atoms with E-state index in [4.69, 9.17) is 9.47 Å². The van der Waals surface area contributed by atoms with E-state index in [2.05, 4.69) is 11.7 Å². The van der Waals surface area contributed by atoms with E-state index in [1.165, 1.54) is 55.7 Å². The second-order valence-corrected chi connectivity index (χ2v) is 11.0. The lowest BCUT2D eigenvalue weighted by molar-refractivity contribution is -0.361. The normalized spacial score (nSPS) is 13.2. The number of hydrogen-bond donors (Lipinski definition) is 0. The molecule has 3 aromatic rings. The highest BCUT2D eigenvalue weighted by atomic mass is 19.4. The van der Waals surface area contributed by atoms with Crippen LogP contribution < -0.4 is 4.74 Å². The highest BCUT2D eigenvalue weighted by Gasteiger charge is 2.72. The lowest BCUT2D eigenvalue weighted by Crippen LogP contribution is -2.54. The van der Waals surface area contributed by atoms with Crippen LogP contribution in [0.25, 0.3) is 22.3 Å². The van der Waals surface area contributed by atoms with Crippen molar-refractivity contribution < 1.29 is 53.7 Å². The molecular weight excluding hydrogens is 627 g/mol. The average Bonchev–Trinajstić information content (AvgIpc) is 3.01. The summed E-state index contributed by atoms with van der Waals surface area (Å²) in [4.78, 5) is 0. The summed E-state index contributed by atoms with van der Waals surface area (Å²) in [5.74, 6) is -13.4. The van der Waals surface area contributed by atoms with Crippen molar-refractivity contribution in [3.63, 3.8) is 0 Å². The van der Waals surface area contributed by atoms with Gasteiger partial charge in [0.05, 0.1) is 25.9 Å². The molecule has 254 valence electrons. The summed E-state index contributed by atoms with van der Waals surface area (Å²) < 4.78 is 135. The van der Waals surface area contributed by atoms with Gasteiger partial charge in [-0.25, -0.2) is 8.78 Å². The number of halogens is 9. The van der Waals surface area contributed by atoms with Gasteiger partial charge in [0, 0.05) is 17.5 Å². The van der Waals surface area contributed by atoms with Crippen LogP contribution in [0.3, 0.4) is 0 Å². The first-order valence-corrected chi connectivity index (χ1v) is 15.0. The standard InChI is InChI=1S/C34H37F9O3/c1-3-4-5-6-8-23(2)46-21-24-9-11-25(12-10-24)28-17-18-29(31(36)30(28)35)26-13-15-27(16-14-26)45-20-7-19-44-22-32(37,38)33(39,40)34(41,42)43/h9-18,23H,3-8,19-22H2,1-2H3/t23-/m0/s1. The van der Waals surface area contributed by atoms with Crippen LogP contribution >= 0.6 is 0 Å². The summed E-state index contributed by atoms with van der Waals surface area (Å²) >= 11 is 0. The third-order valence-electron chi connectivity index (χ3n) is 7.31. The van der Waals surface area contributed by atoms with Gasteiger partial charge in [0.1, 0.15) is 12.4 Å². The van der Waals surface area contributed by atoms with Gasteiger partial charge in [0.25, 0.3) is 0 Å². The molecule has 0 amide bonds. The molecule has 3 nitrogen and oxygen atoms in total. The van der Waals surface area contributed by atoms with Gasteiger partial charge in [0.15, 0.2) is 11.6 Å². The van der Waals surface area contributed by atoms with Crippen LogP contribution in [0.15, 0.2) is 60.7 Å². The minimum Gasteiger partial charge on any atom is -0.494 e. The number of rotatable bonds is 18. The first-order valence-electron chi connectivity index (χ1n) is 15.0. The van der Waals surface area contributed by atoms with Gasteiger partial charge < -0.3 is 14.2 Å². The van der Waals surface area contributed by atoms with Gasteiger partial charge in [-0.05, 0) is 42.2 Å². The van der Waals surface area contributed by atoms with Crippen LogP contribution in [-0.2, 0) is 16.1 Å². The van der Waals surface area contributed by atoms with Crippen LogP contribution in [0, 0.1) is 11.6 Å². The number of benzene rings is 3. The molecule has 0 heterocycles. The van der Waals surface area contributed by atoms with E-state index in [0.29, 0.717) is 17.7 Å². The monoisotopic (exact) mass is 664 g/mol. The Morgan fingerprint density at radius 2 is 1.24 bits per heavy atom. The average molecular weight is 665 g/mol. The maximum absolute atomic E-state index is 15.1. The molecule has 0 aliphatic rings. The maximum atomic E-state index is 15.1. The molecule has 3 rings (SSSR count). The van der Waals surface area contributed by atoms with Gasteiger partial charge >= 0.3 is 18.0 Å². The van der Waals surface area contributed by atoms with Crippen molar-refractivity contribution >= 4 is 0 Å². The van der Waals surface area contributed by atoms with Crippen LogP contribution in [-0.4, -0.2) is 43.9 Å². The molecule has 46 heavy (non-hydrogen) atoms. The predicted molar refractivity (Wildman–Crippen MR) is 157 cm³/mol. The van der Waals surface area contributed by atoms with Crippen LogP contribution in [0.1, 0.15) is 57.9 Å². The van der Waals surface area contributed by atoms with Crippen molar-refractivity contribution in [3.8, 4) is 28.0 Å². The number of alkyl halides is 7. The SMILES string of the molecule is CCCCCC[C@H](C)OCc1ccc(-c2ccc(-c3ccc(OCCCOCC(F)(F)C(F)(F)C(F)(F)F)cc3)c(F)c2F)cc1. The molecule has 0 bridgehead atoms. The molecule has 0 radical (unpaired) electrons. The molecule has 3 aromatic carbocycles. The summed E-state index contributed by atoms with van der Waals surface area (Å²) in [6, 6.07) is 15.8. The van der Waals surface area contributed by atoms with Crippen molar-refractivity contribution in [2.45, 2.75) is 83.1 Å². The Kier molecular flexibility index (Phi) is 13.4. The third-order valence-corrected chi connectivity index (χ3v) is 7.31. The highest BCUT2D eigenvalue weighted by Crippen LogP contribution is 2.46. The fraction of sp³-hybridized carbons (Fsp3) is 0.471. The zero-order chi connectivity index (χ0) is 34.0. The van der Waals surface area contributed by atoms with Crippen LogP contribution in [0.4, 0.5) is 39.5 Å². The Labute approximate surface area is 262 Å². The first kappa shape index (κ1) is 37.2. The summed E-state index contributed by atoms with van der Waals surface area (Å²) in [7, 11) is 0. The van der Waals surface area contributed by atoms with Gasteiger partial charge in [-0.1, -0.05) is 81.1 Å². The molecule has 0 unspecified atom stereocenters. The zero-order valence-corrected chi connectivity index (χ0v) is 25.5. The van der Waals surface area contributed by atoms with Crippen molar-refractivity contribution in [2.75, 3.05) is 19.8 Å². The van der Waals surface area contributed by atoms with E-state index in [9.17, 15) is 30.7 Å². The largest absolute Gasteiger partial charge is 0.494 e. The topological polar surface area (TPSA) is 27.7 Å². The van der Waals surface area contributed by atoms with E-state index >= 15 is 8.78 Å². The molecule has 0 saturated carbocycles. The molecule has 0 saturated heterocycles. The lowest BCUT2D eigenvalue weighted by Gasteiger charge is -2.27. The summed E-state index contributed by atoms with van der Waals surface area (Å²) in [6.45, 7) is 1.81. The van der Waals surface area contributed by atoms with Gasteiger partial charge in [-0.15, -0.1) is 0 Å². The molecule has 0 aliphatic carbocycles. The minimum atomic E-state index is -6.42. The molecule has 0 spiro atoms. The van der Waals surface area contributed by atoms with Gasteiger partial charge in [-0.3, -0.25) is 0 Å².